The van der Waals surface area contributed by atoms with Crippen LogP contribution in [0.15, 0.2) is 79.1 Å². The van der Waals surface area contributed by atoms with Crippen LogP contribution in [-0.2, 0) is 0 Å². The van der Waals surface area contributed by atoms with Crippen molar-refractivity contribution in [1.82, 2.24) is 5.43 Å². The fourth-order valence-electron chi connectivity index (χ4n) is 2.62. The molecular formula is C21H12BrN3O3. The van der Waals surface area contributed by atoms with Crippen molar-refractivity contribution in [2.24, 2.45) is 5.10 Å². The maximum atomic E-state index is 12.2. The van der Waals surface area contributed by atoms with Gasteiger partial charge in [0.1, 0.15) is 17.1 Å². The Labute approximate surface area is 168 Å². The molecule has 0 aliphatic rings. The van der Waals surface area contributed by atoms with Crippen LogP contribution in [0.5, 0.6) is 0 Å². The largest absolute Gasteiger partial charge is 0.455 e. The summed E-state index contributed by atoms with van der Waals surface area (Å²) in [6.07, 6.45) is 1.41. The highest BCUT2D eigenvalue weighted by Gasteiger charge is 2.12. The molecule has 0 aliphatic heterocycles. The highest BCUT2D eigenvalue weighted by molar-refractivity contribution is 9.10. The molecule has 0 saturated heterocycles. The molecule has 2 aromatic carbocycles. The molecule has 0 radical (unpaired) electrons. The van der Waals surface area contributed by atoms with Gasteiger partial charge >= 0.3 is 5.91 Å². The Kier molecular flexibility index (Phi) is 4.79. The summed E-state index contributed by atoms with van der Waals surface area (Å²) in [4.78, 5) is 12.2. The van der Waals surface area contributed by atoms with Crippen molar-refractivity contribution in [1.29, 1.82) is 5.26 Å². The van der Waals surface area contributed by atoms with E-state index in [0.717, 1.165) is 15.4 Å². The molecule has 1 amide bonds. The standard InChI is InChI=1S/C21H12BrN3O3/c22-16-5-7-19-15(9-16)10-20(28-19)21(26)25-24-12-17-6-8-18(27-17)14-3-1-13(11-23)2-4-14/h1-10,12H,(H,25,26). The van der Waals surface area contributed by atoms with Gasteiger partial charge in [-0.2, -0.15) is 10.4 Å². The van der Waals surface area contributed by atoms with Crippen molar-refractivity contribution in [2.75, 3.05) is 0 Å². The molecule has 0 unspecified atom stereocenters. The second-order valence-corrected chi connectivity index (χ2v) is 6.80. The monoisotopic (exact) mass is 433 g/mol. The van der Waals surface area contributed by atoms with Crippen LogP contribution in [-0.4, -0.2) is 12.1 Å². The number of fused-ring (bicyclic) bond motifs is 1. The van der Waals surface area contributed by atoms with E-state index in [1.807, 2.05) is 12.1 Å². The molecule has 0 fully saturated rings. The van der Waals surface area contributed by atoms with Gasteiger partial charge in [-0.3, -0.25) is 4.79 Å². The highest BCUT2D eigenvalue weighted by Crippen LogP contribution is 2.24. The minimum atomic E-state index is -0.456. The lowest BCUT2D eigenvalue weighted by Crippen LogP contribution is -2.16. The quantitative estimate of drug-likeness (QED) is 0.358. The Morgan fingerprint density at radius 2 is 1.89 bits per heavy atom. The van der Waals surface area contributed by atoms with Crippen LogP contribution in [0.2, 0.25) is 0 Å². The lowest BCUT2D eigenvalue weighted by atomic mass is 10.1. The van der Waals surface area contributed by atoms with Gasteiger partial charge in [0.25, 0.3) is 0 Å². The maximum absolute atomic E-state index is 12.2. The number of nitrogens with zero attached hydrogens (tertiary/aromatic N) is 2. The molecule has 136 valence electrons. The topological polar surface area (TPSA) is 91.5 Å². The van der Waals surface area contributed by atoms with Gasteiger partial charge < -0.3 is 8.83 Å². The second kappa shape index (κ2) is 7.55. The zero-order chi connectivity index (χ0) is 19.5. The summed E-state index contributed by atoms with van der Waals surface area (Å²) in [5.74, 6) is 0.832. The van der Waals surface area contributed by atoms with Gasteiger partial charge in [0.05, 0.1) is 17.8 Å². The lowest BCUT2D eigenvalue weighted by molar-refractivity contribution is 0.0929. The third-order valence-corrected chi connectivity index (χ3v) is 4.48. The Balaban J connectivity index is 1.43. The number of nitriles is 1. The van der Waals surface area contributed by atoms with E-state index >= 15 is 0 Å². The van der Waals surface area contributed by atoms with Gasteiger partial charge in [0, 0.05) is 15.4 Å². The average molecular weight is 434 g/mol. The van der Waals surface area contributed by atoms with E-state index in [4.69, 9.17) is 14.1 Å². The summed E-state index contributed by atoms with van der Waals surface area (Å²) in [5.41, 5.74) is 4.46. The summed E-state index contributed by atoms with van der Waals surface area (Å²) in [6, 6.07) is 19.8. The van der Waals surface area contributed by atoms with Gasteiger partial charge in [-0.05, 0) is 60.7 Å². The first-order chi connectivity index (χ1) is 13.6. The first-order valence-electron chi connectivity index (χ1n) is 8.25. The molecule has 0 atom stereocenters. The Morgan fingerprint density at radius 3 is 2.68 bits per heavy atom. The number of carbonyl (C=O) groups is 1. The van der Waals surface area contributed by atoms with E-state index in [9.17, 15) is 4.79 Å². The zero-order valence-corrected chi connectivity index (χ0v) is 15.9. The van der Waals surface area contributed by atoms with Crippen LogP contribution in [0.3, 0.4) is 0 Å². The van der Waals surface area contributed by atoms with Crippen LogP contribution < -0.4 is 5.43 Å². The summed E-state index contributed by atoms with van der Waals surface area (Å²) in [5, 5.41) is 13.6. The number of hydrazone groups is 1. The van der Waals surface area contributed by atoms with Crippen molar-refractivity contribution in [2.45, 2.75) is 0 Å². The van der Waals surface area contributed by atoms with E-state index in [0.29, 0.717) is 22.7 Å². The lowest BCUT2D eigenvalue weighted by Gasteiger charge is -1.96. The highest BCUT2D eigenvalue weighted by atomic mass is 79.9. The second-order valence-electron chi connectivity index (χ2n) is 5.88. The maximum Gasteiger partial charge on any atom is 0.307 e. The zero-order valence-electron chi connectivity index (χ0n) is 14.3. The predicted molar refractivity (Wildman–Crippen MR) is 108 cm³/mol. The molecule has 6 nitrogen and oxygen atoms in total. The van der Waals surface area contributed by atoms with E-state index in [1.54, 1.807) is 48.5 Å². The number of hydrogen-bond acceptors (Lipinski definition) is 5. The van der Waals surface area contributed by atoms with E-state index in [2.05, 4.69) is 32.5 Å². The number of halogens is 1. The number of carbonyl (C=O) groups excluding carboxylic acids is 1. The van der Waals surface area contributed by atoms with Crippen LogP contribution in [0.4, 0.5) is 0 Å². The fraction of sp³-hybridized carbons (Fsp3) is 0. The summed E-state index contributed by atoms with van der Waals surface area (Å²) in [6.45, 7) is 0. The van der Waals surface area contributed by atoms with Crippen LogP contribution in [0.25, 0.3) is 22.3 Å². The summed E-state index contributed by atoms with van der Waals surface area (Å²) < 4.78 is 12.1. The molecule has 0 aliphatic carbocycles. The number of amides is 1. The predicted octanol–water partition coefficient (Wildman–Crippen LogP) is 5.09. The van der Waals surface area contributed by atoms with Crippen molar-refractivity contribution in [3.05, 3.63) is 82.2 Å². The Morgan fingerprint density at radius 1 is 1.07 bits per heavy atom. The van der Waals surface area contributed by atoms with E-state index < -0.39 is 5.91 Å². The average Bonchev–Trinajstić information content (AvgIpc) is 3.34. The van der Waals surface area contributed by atoms with Crippen molar-refractivity contribution in [3.8, 4) is 17.4 Å². The summed E-state index contributed by atoms with van der Waals surface area (Å²) >= 11 is 3.38. The normalized spacial score (nSPS) is 11.0. The van der Waals surface area contributed by atoms with Crippen molar-refractivity contribution in [3.63, 3.8) is 0 Å². The van der Waals surface area contributed by atoms with Crippen molar-refractivity contribution < 1.29 is 13.6 Å². The van der Waals surface area contributed by atoms with Crippen LogP contribution >= 0.6 is 15.9 Å². The van der Waals surface area contributed by atoms with Gasteiger partial charge in [-0.25, -0.2) is 5.43 Å². The number of nitrogens with one attached hydrogen (secondary N) is 1. The number of hydrogen-bond donors (Lipinski definition) is 1. The third kappa shape index (κ3) is 3.72. The Bertz CT molecular complexity index is 1230. The number of rotatable bonds is 4. The molecule has 4 aromatic rings. The van der Waals surface area contributed by atoms with Gasteiger partial charge in [-0.1, -0.05) is 15.9 Å². The van der Waals surface area contributed by atoms with E-state index in [1.165, 1.54) is 6.21 Å². The molecule has 0 saturated carbocycles. The van der Waals surface area contributed by atoms with E-state index in [-0.39, 0.29) is 5.76 Å². The minimum absolute atomic E-state index is 0.169. The molecule has 0 bridgehead atoms. The minimum Gasteiger partial charge on any atom is -0.455 e. The van der Waals surface area contributed by atoms with Gasteiger partial charge in [-0.15, -0.1) is 0 Å². The van der Waals surface area contributed by atoms with Crippen LogP contribution in [0, 0.1) is 11.3 Å². The SMILES string of the molecule is N#Cc1ccc(-c2ccc(C=NNC(=O)c3cc4cc(Br)ccc4o3)o2)cc1. The van der Waals surface area contributed by atoms with Gasteiger partial charge in [0.15, 0.2) is 5.76 Å². The molecule has 2 heterocycles. The number of benzene rings is 2. The van der Waals surface area contributed by atoms with Gasteiger partial charge in [0.2, 0.25) is 0 Å². The molecule has 0 spiro atoms. The third-order valence-electron chi connectivity index (χ3n) is 3.99. The van der Waals surface area contributed by atoms with Crippen LogP contribution in [0.1, 0.15) is 21.9 Å². The molecule has 2 aromatic heterocycles. The molecule has 28 heavy (non-hydrogen) atoms. The number of furan rings is 2. The fourth-order valence-corrected chi connectivity index (χ4v) is 3.00. The van der Waals surface area contributed by atoms with Crippen molar-refractivity contribution >= 4 is 39.0 Å². The molecule has 1 N–H and O–H groups in total. The smallest absolute Gasteiger partial charge is 0.307 e. The molecule has 4 rings (SSSR count). The Hall–Kier alpha value is -3.63. The molecular weight excluding hydrogens is 422 g/mol. The first-order valence-corrected chi connectivity index (χ1v) is 9.04. The first kappa shape index (κ1) is 17.8. The molecule has 7 heteroatoms. The summed E-state index contributed by atoms with van der Waals surface area (Å²) in [7, 11) is 0.